The Hall–Kier alpha value is -2.64. The van der Waals surface area contributed by atoms with E-state index in [4.69, 9.17) is 4.74 Å². The molecular weight excluding hydrogens is 288 g/mol. The fourth-order valence-corrected chi connectivity index (χ4v) is 3.13. The van der Waals surface area contributed by atoms with Crippen molar-refractivity contribution in [1.29, 1.82) is 5.26 Å². The van der Waals surface area contributed by atoms with Gasteiger partial charge in [0.25, 0.3) is 0 Å². The Morgan fingerprint density at radius 2 is 1.83 bits per heavy atom. The van der Waals surface area contributed by atoms with Crippen LogP contribution in [0.5, 0.6) is 0 Å². The van der Waals surface area contributed by atoms with Gasteiger partial charge in [-0.05, 0) is 17.2 Å². The maximum absolute atomic E-state index is 12.8. The van der Waals surface area contributed by atoms with Crippen LogP contribution in [0.3, 0.4) is 0 Å². The van der Waals surface area contributed by atoms with Crippen LogP contribution in [0.2, 0.25) is 0 Å². The van der Waals surface area contributed by atoms with Crippen molar-refractivity contribution < 1.29 is 9.53 Å². The largest absolute Gasteiger partial charge is 0.375 e. The van der Waals surface area contributed by atoms with E-state index < -0.39 is 5.41 Å². The first-order valence-corrected chi connectivity index (χ1v) is 7.55. The highest BCUT2D eigenvalue weighted by molar-refractivity contribution is 6.08. The summed E-state index contributed by atoms with van der Waals surface area (Å²) in [4.78, 5) is 14.4. The molecule has 116 valence electrons. The number of likely N-dealkylation sites (N-methyl/N-ethyl adjacent to an activating group) is 1. The lowest BCUT2D eigenvalue weighted by Gasteiger charge is -2.25. The van der Waals surface area contributed by atoms with Gasteiger partial charge in [-0.15, -0.1) is 0 Å². The number of rotatable bonds is 5. The number of benzene rings is 2. The van der Waals surface area contributed by atoms with Gasteiger partial charge in [-0.1, -0.05) is 48.5 Å². The summed E-state index contributed by atoms with van der Waals surface area (Å²) in [5, 5.41) is 9.26. The van der Waals surface area contributed by atoms with Gasteiger partial charge in [-0.2, -0.15) is 5.26 Å². The van der Waals surface area contributed by atoms with E-state index in [1.54, 1.807) is 11.9 Å². The predicted molar refractivity (Wildman–Crippen MR) is 87.9 cm³/mol. The molecule has 23 heavy (non-hydrogen) atoms. The van der Waals surface area contributed by atoms with Crippen molar-refractivity contribution >= 4 is 11.6 Å². The Balaban J connectivity index is 1.86. The summed E-state index contributed by atoms with van der Waals surface area (Å²) in [6.45, 7) is 0.628. The zero-order valence-electron chi connectivity index (χ0n) is 13.0. The Morgan fingerprint density at radius 1 is 1.13 bits per heavy atom. The van der Waals surface area contributed by atoms with Gasteiger partial charge >= 0.3 is 0 Å². The summed E-state index contributed by atoms with van der Waals surface area (Å²) in [5.74, 6) is -0.0756. The second-order valence-corrected chi connectivity index (χ2v) is 5.78. The summed E-state index contributed by atoms with van der Waals surface area (Å²) in [5.41, 5.74) is 1.87. The van der Waals surface area contributed by atoms with Crippen LogP contribution in [0.4, 0.5) is 5.69 Å². The topological polar surface area (TPSA) is 53.3 Å². The molecule has 0 radical (unpaired) electrons. The number of carbonyl (C=O) groups excluding carboxylic acids is 1. The number of hydrogen-bond acceptors (Lipinski definition) is 3. The fraction of sp³-hybridized carbons (Fsp3) is 0.263. The molecule has 0 fully saturated rings. The second-order valence-electron chi connectivity index (χ2n) is 5.78. The van der Waals surface area contributed by atoms with Crippen LogP contribution in [-0.4, -0.2) is 19.6 Å². The molecule has 4 nitrogen and oxygen atoms in total. The van der Waals surface area contributed by atoms with E-state index in [9.17, 15) is 10.1 Å². The number of amides is 1. The first-order valence-electron chi connectivity index (χ1n) is 7.55. The zero-order chi connectivity index (χ0) is 16.3. The Kier molecular flexibility index (Phi) is 4.14. The van der Waals surface area contributed by atoms with Crippen molar-refractivity contribution in [3.05, 3.63) is 65.7 Å². The van der Waals surface area contributed by atoms with Gasteiger partial charge in [0.05, 0.1) is 25.7 Å². The standard InChI is InChI=1S/C19H18N2O2/c1-21-17-10-6-5-9-16(17)19(11-12-20,18(21)22)14-23-13-15-7-3-2-4-8-15/h2-10H,11,13-14H2,1H3/t19-/m0/s1. The van der Waals surface area contributed by atoms with Crippen molar-refractivity contribution in [1.82, 2.24) is 0 Å². The molecule has 0 aromatic heterocycles. The van der Waals surface area contributed by atoms with Crippen molar-refractivity contribution in [3.8, 4) is 6.07 Å². The third kappa shape index (κ3) is 2.60. The summed E-state index contributed by atoms with van der Waals surface area (Å²) >= 11 is 0. The molecule has 0 aliphatic carbocycles. The molecule has 0 saturated carbocycles. The summed E-state index contributed by atoms with van der Waals surface area (Å²) in [6.07, 6.45) is 0.113. The van der Waals surface area contributed by atoms with Gasteiger partial charge in [0.2, 0.25) is 5.91 Å². The summed E-state index contributed by atoms with van der Waals surface area (Å²) in [7, 11) is 1.75. The number of carbonyl (C=O) groups is 1. The van der Waals surface area contributed by atoms with Gasteiger partial charge in [0.1, 0.15) is 5.41 Å². The van der Waals surface area contributed by atoms with Gasteiger partial charge in [-0.3, -0.25) is 4.79 Å². The molecule has 1 aliphatic rings. The van der Waals surface area contributed by atoms with E-state index in [1.807, 2.05) is 54.6 Å². The minimum absolute atomic E-state index is 0.0756. The lowest BCUT2D eigenvalue weighted by molar-refractivity contribution is -0.125. The first kappa shape index (κ1) is 15.3. The van der Waals surface area contributed by atoms with Crippen LogP contribution < -0.4 is 4.90 Å². The molecule has 0 unspecified atom stereocenters. The number of ether oxygens (including phenoxy) is 1. The Morgan fingerprint density at radius 3 is 2.57 bits per heavy atom. The average Bonchev–Trinajstić information content (AvgIpc) is 2.79. The van der Waals surface area contributed by atoms with Gasteiger partial charge in [0, 0.05) is 12.7 Å². The predicted octanol–water partition coefficient (Wildman–Crippen LogP) is 3.03. The average molecular weight is 306 g/mol. The summed E-state index contributed by atoms with van der Waals surface area (Å²) < 4.78 is 5.84. The lowest BCUT2D eigenvalue weighted by Crippen LogP contribution is -2.42. The molecule has 0 saturated heterocycles. The lowest BCUT2D eigenvalue weighted by atomic mass is 9.80. The van der Waals surface area contributed by atoms with E-state index >= 15 is 0 Å². The number of fused-ring (bicyclic) bond motifs is 1. The molecule has 2 aromatic carbocycles. The van der Waals surface area contributed by atoms with Crippen LogP contribution in [0.15, 0.2) is 54.6 Å². The molecule has 0 spiro atoms. The number of para-hydroxylation sites is 1. The molecule has 4 heteroatoms. The third-order valence-electron chi connectivity index (χ3n) is 4.34. The molecular formula is C19H18N2O2. The van der Waals surface area contributed by atoms with E-state index in [0.29, 0.717) is 6.61 Å². The third-order valence-corrected chi connectivity index (χ3v) is 4.34. The first-order chi connectivity index (χ1) is 11.2. The molecule has 1 aliphatic heterocycles. The van der Waals surface area contributed by atoms with Gasteiger partial charge in [-0.25, -0.2) is 0 Å². The molecule has 2 aromatic rings. The highest BCUT2D eigenvalue weighted by atomic mass is 16.5. The Labute approximate surface area is 135 Å². The highest BCUT2D eigenvalue weighted by Gasteiger charge is 2.49. The summed E-state index contributed by atoms with van der Waals surface area (Å²) in [6, 6.07) is 19.6. The van der Waals surface area contributed by atoms with Crippen LogP contribution in [0.1, 0.15) is 17.5 Å². The fourth-order valence-electron chi connectivity index (χ4n) is 3.13. The van der Waals surface area contributed by atoms with E-state index in [2.05, 4.69) is 6.07 Å². The monoisotopic (exact) mass is 306 g/mol. The molecule has 1 heterocycles. The molecule has 0 N–H and O–H groups in total. The second kappa shape index (κ2) is 6.23. The van der Waals surface area contributed by atoms with Gasteiger partial charge < -0.3 is 9.64 Å². The van der Waals surface area contributed by atoms with Crippen LogP contribution >= 0.6 is 0 Å². The molecule has 1 amide bonds. The van der Waals surface area contributed by atoms with E-state index in [-0.39, 0.29) is 18.9 Å². The zero-order valence-corrected chi connectivity index (χ0v) is 13.0. The van der Waals surface area contributed by atoms with Crippen molar-refractivity contribution in [2.75, 3.05) is 18.6 Å². The molecule has 3 rings (SSSR count). The van der Waals surface area contributed by atoms with Crippen LogP contribution in [-0.2, 0) is 21.6 Å². The SMILES string of the molecule is CN1C(=O)[C@@](CC#N)(COCc2ccccc2)c2ccccc21. The number of nitrogens with zero attached hydrogens (tertiary/aromatic N) is 2. The maximum atomic E-state index is 12.8. The van der Waals surface area contributed by atoms with E-state index in [1.165, 1.54) is 0 Å². The van der Waals surface area contributed by atoms with Crippen LogP contribution in [0, 0.1) is 11.3 Å². The Bertz CT molecular complexity index is 751. The quantitative estimate of drug-likeness (QED) is 0.853. The molecule has 1 atom stereocenters. The van der Waals surface area contributed by atoms with Crippen molar-refractivity contribution in [2.24, 2.45) is 0 Å². The van der Waals surface area contributed by atoms with Crippen LogP contribution in [0.25, 0.3) is 0 Å². The smallest absolute Gasteiger partial charge is 0.240 e. The minimum atomic E-state index is -0.908. The number of anilines is 1. The highest BCUT2D eigenvalue weighted by Crippen LogP contribution is 2.43. The van der Waals surface area contributed by atoms with E-state index in [0.717, 1.165) is 16.8 Å². The van der Waals surface area contributed by atoms with Crippen molar-refractivity contribution in [3.63, 3.8) is 0 Å². The maximum Gasteiger partial charge on any atom is 0.240 e. The normalized spacial score (nSPS) is 19.5. The number of hydrogen-bond donors (Lipinski definition) is 0. The number of nitriles is 1. The van der Waals surface area contributed by atoms with Gasteiger partial charge in [0.15, 0.2) is 0 Å². The minimum Gasteiger partial charge on any atom is -0.375 e. The molecule has 0 bridgehead atoms. The van der Waals surface area contributed by atoms with Crippen molar-refractivity contribution in [2.45, 2.75) is 18.4 Å².